The van der Waals surface area contributed by atoms with E-state index < -0.39 is 17.4 Å². The predicted molar refractivity (Wildman–Crippen MR) is 97.2 cm³/mol. The lowest BCUT2D eigenvalue weighted by atomic mass is 9.96. The number of piperidine rings is 1. The van der Waals surface area contributed by atoms with Crippen LogP contribution in [0.5, 0.6) is 0 Å². The monoisotopic (exact) mass is 393 g/mol. The van der Waals surface area contributed by atoms with Crippen molar-refractivity contribution in [3.8, 4) is 0 Å². The SMILES string of the molecule is Cc1cc(N2CCC(Cn3cnc(C(F)(F)F)cc3=O)CC2)nc(C2CC2)n1. The topological polar surface area (TPSA) is 63.9 Å². The maximum absolute atomic E-state index is 12.6. The molecule has 1 aliphatic heterocycles. The smallest absolute Gasteiger partial charge is 0.356 e. The van der Waals surface area contributed by atoms with Crippen molar-refractivity contribution in [1.29, 1.82) is 0 Å². The maximum Gasteiger partial charge on any atom is 0.433 e. The molecule has 1 saturated carbocycles. The fraction of sp³-hybridized carbons (Fsp3) is 0.579. The van der Waals surface area contributed by atoms with Crippen molar-refractivity contribution in [3.05, 3.63) is 46.0 Å². The normalized spacial score (nSPS) is 18.5. The van der Waals surface area contributed by atoms with Gasteiger partial charge in [0.1, 0.15) is 11.6 Å². The molecule has 2 aromatic rings. The average molecular weight is 393 g/mol. The Morgan fingerprint density at radius 1 is 1.11 bits per heavy atom. The van der Waals surface area contributed by atoms with E-state index in [0.717, 1.165) is 62.4 Å². The molecule has 150 valence electrons. The van der Waals surface area contributed by atoms with Gasteiger partial charge in [-0.05, 0) is 38.5 Å². The highest BCUT2D eigenvalue weighted by molar-refractivity contribution is 5.40. The van der Waals surface area contributed by atoms with Crippen molar-refractivity contribution >= 4 is 5.82 Å². The molecule has 0 bridgehead atoms. The van der Waals surface area contributed by atoms with Gasteiger partial charge in [-0.25, -0.2) is 15.0 Å². The third-order valence-corrected chi connectivity index (χ3v) is 5.36. The molecule has 2 aromatic heterocycles. The number of rotatable bonds is 4. The van der Waals surface area contributed by atoms with Crippen molar-refractivity contribution in [2.75, 3.05) is 18.0 Å². The first kappa shape index (κ1) is 18.9. The minimum atomic E-state index is -4.60. The standard InChI is InChI=1S/C19H22F3N5O/c1-12-8-16(25-18(24-12)14-2-3-14)26-6-4-13(5-7-26)10-27-11-23-15(9-17(27)28)19(20,21)22/h8-9,11,13-14H,2-7,10H2,1H3. The van der Waals surface area contributed by atoms with Gasteiger partial charge in [-0.1, -0.05) is 0 Å². The second-order valence-corrected chi connectivity index (χ2v) is 7.69. The lowest BCUT2D eigenvalue weighted by Crippen LogP contribution is -2.37. The molecule has 28 heavy (non-hydrogen) atoms. The summed E-state index contributed by atoms with van der Waals surface area (Å²) in [4.78, 5) is 26.9. The maximum atomic E-state index is 12.6. The van der Waals surface area contributed by atoms with E-state index in [1.54, 1.807) is 0 Å². The third-order valence-electron chi connectivity index (χ3n) is 5.36. The van der Waals surface area contributed by atoms with Crippen LogP contribution in [0.4, 0.5) is 19.0 Å². The zero-order chi connectivity index (χ0) is 19.9. The number of hydrogen-bond acceptors (Lipinski definition) is 5. The highest BCUT2D eigenvalue weighted by Gasteiger charge is 2.33. The number of aromatic nitrogens is 4. The molecule has 0 unspecified atom stereocenters. The number of anilines is 1. The fourth-order valence-corrected chi connectivity index (χ4v) is 3.60. The molecule has 1 aliphatic carbocycles. The van der Waals surface area contributed by atoms with Crippen molar-refractivity contribution in [1.82, 2.24) is 19.5 Å². The third kappa shape index (κ3) is 4.18. The van der Waals surface area contributed by atoms with Crippen molar-refractivity contribution in [3.63, 3.8) is 0 Å². The van der Waals surface area contributed by atoms with E-state index in [-0.39, 0.29) is 5.92 Å². The van der Waals surface area contributed by atoms with Crippen molar-refractivity contribution in [2.45, 2.75) is 51.2 Å². The van der Waals surface area contributed by atoms with Crippen molar-refractivity contribution < 1.29 is 13.2 Å². The van der Waals surface area contributed by atoms with Gasteiger partial charge in [-0.2, -0.15) is 13.2 Å². The zero-order valence-corrected chi connectivity index (χ0v) is 15.6. The minimum Gasteiger partial charge on any atom is -0.356 e. The molecule has 9 heteroatoms. The number of halogens is 3. The first-order valence-electron chi connectivity index (χ1n) is 9.54. The Morgan fingerprint density at radius 3 is 2.43 bits per heavy atom. The molecule has 0 amide bonds. The fourth-order valence-electron chi connectivity index (χ4n) is 3.60. The van der Waals surface area contributed by atoms with E-state index in [0.29, 0.717) is 18.5 Å². The first-order valence-corrected chi connectivity index (χ1v) is 9.54. The molecule has 2 fully saturated rings. The summed E-state index contributed by atoms with van der Waals surface area (Å²) in [5.41, 5.74) is -0.837. The summed E-state index contributed by atoms with van der Waals surface area (Å²) in [5.74, 6) is 2.59. The Hall–Kier alpha value is -2.45. The van der Waals surface area contributed by atoms with Crippen LogP contribution in [-0.4, -0.2) is 32.6 Å². The summed E-state index contributed by atoms with van der Waals surface area (Å²) in [6.45, 7) is 3.96. The molecular formula is C19H22F3N5O. The van der Waals surface area contributed by atoms with Gasteiger partial charge in [0.05, 0.1) is 6.33 Å². The second-order valence-electron chi connectivity index (χ2n) is 7.69. The van der Waals surface area contributed by atoms with Crippen LogP contribution in [0.1, 0.15) is 48.8 Å². The summed E-state index contributed by atoms with van der Waals surface area (Å²) in [5, 5.41) is 0. The zero-order valence-electron chi connectivity index (χ0n) is 15.6. The Bertz CT molecular complexity index is 915. The lowest BCUT2D eigenvalue weighted by molar-refractivity contribution is -0.141. The van der Waals surface area contributed by atoms with Gasteiger partial charge in [0, 0.05) is 43.4 Å². The van der Waals surface area contributed by atoms with Crippen molar-refractivity contribution in [2.24, 2.45) is 5.92 Å². The van der Waals surface area contributed by atoms with Crippen LogP contribution in [0.25, 0.3) is 0 Å². The van der Waals surface area contributed by atoms with Gasteiger partial charge >= 0.3 is 6.18 Å². The van der Waals surface area contributed by atoms with E-state index in [2.05, 4.69) is 14.9 Å². The van der Waals surface area contributed by atoms with Crippen LogP contribution in [0.3, 0.4) is 0 Å². The number of aryl methyl sites for hydroxylation is 1. The van der Waals surface area contributed by atoms with E-state index >= 15 is 0 Å². The largest absolute Gasteiger partial charge is 0.433 e. The molecule has 0 radical (unpaired) electrons. The van der Waals surface area contributed by atoms with Crippen LogP contribution < -0.4 is 10.5 Å². The molecule has 6 nitrogen and oxygen atoms in total. The molecule has 3 heterocycles. The Labute approximate surface area is 160 Å². The quantitative estimate of drug-likeness (QED) is 0.799. The Balaban J connectivity index is 1.39. The Morgan fingerprint density at radius 2 is 1.82 bits per heavy atom. The summed E-state index contributed by atoms with van der Waals surface area (Å²) < 4.78 is 39.2. The van der Waals surface area contributed by atoms with Crippen LogP contribution in [0.15, 0.2) is 23.3 Å². The number of nitrogens with zero attached hydrogens (tertiary/aromatic N) is 5. The molecule has 0 spiro atoms. The highest BCUT2D eigenvalue weighted by Crippen LogP contribution is 2.38. The van der Waals surface area contributed by atoms with Crippen LogP contribution in [0.2, 0.25) is 0 Å². The van der Waals surface area contributed by atoms with Gasteiger partial charge in [-0.3, -0.25) is 9.36 Å². The van der Waals surface area contributed by atoms with Crippen LogP contribution in [0, 0.1) is 12.8 Å². The van der Waals surface area contributed by atoms with Gasteiger partial charge in [-0.15, -0.1) is 0 Å². The van der Waals surface area contributed by atoms with Gasteiger partial charge in [0.2, 0.25) is 0 Å². The minimum absolute atomic E-state index is 0.221. The molecule has 0 aromatic carbocycles. The summed E-state index contributed by atoms with van der Waals surface area (Å²) in [6.07, 6.45) is 0.401. The summed E-state index contributed by atoms with van der Waals surface area (Å²) in [6, 6.07) is 2.56. The summed E-state index contributed by atoms with van der Waals surface area (Å²) >= 11 is 0. The summed E-state index contributed by atoms with van der Waals surface area (Å²) in [7, 11) is 0. The molecule has 4 rings (SSSR count). The van der Waals surface area contributed by atoms with Gasteiger partial charge < -0.3 is 4.90 Å². The average Bonchev–Trinajstić information content (AvgIpc) is 3.48. The number of alkyl halides is 3. The molecule has 0 N–H and O–H groups in total. The van der Waals surface area contributed by atoms with Crippen LogP contribution >= 0.6 is 0 Å². The molecule has 2 aliphatic rings. The lowest BCUT2D eigenvalue weighted by Gasteiger charge is -2.33. The van der Waals surface area contributed by atoms with Gasteiger partial charge in [0.25, 0.3) is 5.56 Å². The molecular weight excluding hydrogens is 371 g/mol. The Kier molecular flexibility index (Phi) is 4.84. The molecule has 1 saturated heterocycles. The first-order chi connectivity index (χ1) is 13.3. The van der Waals surface area contributed by atoms with Gasteiger partial charge in [0.15, 0.2) is 5.69 Å². The predicted octanol–water partition coefficient (Wildman–Crippen LogP) is 3.15. The second kappa shape index (κ2) is 7.18. The number of hydrogen-bond donors (Lipinski definition) is 0. The van der Waals surface area contributed by atoms with E-state index in [4.69, 9.17) is 4.98 Å². The molecule has 0 atom stereocenters. The van der Waals surface area contributed by atoms with E-state index in [9.17, 15) is 18.0 Å². The van der Waals surface area contributed by atoms with E-state index in [1.165, 1.54) is 4.57 Å². The van der Waals surface area contributed by atoms with Crippen LogP contribution in [-0.2, 0) is 12.7 Å². The van der Waals surface area contributed by atoms with E-state index in [1.807, 2.05) is 13.0 Å². The highest BCUT2D eigenvalue weighted by atomic mass is 19.4.